The third-order valence-electron chi connectivity index (χ3n) is 5.73. The molecule has 1 aromatic heterocycles. The second-order valence-corrected chi connectivity index (χ2v) is 8.43. The normalized spacial score (nSPS) is 20.7. The Morgan fingerprint density at radius 2 is 1.59 bits per heavy atom. The summed E-state index contributed by atoms with van der Waals surface area (Å²) in [5.41, 5.74) is 2.01. The quantitative estimate of drug-likeness (QED) is 0.635. The van der Waals surface area contributed by atoms with Gasteiger partial charge in [0.2, 0.25) is 0 Å². The molecule has 1 N–H and O–H groups in total. The van der Waals surface area contributed by atoms with Crippen LogP contribution in [0.1, 0.15) is 0 Å². The number of rotatable bonds is 5. The number of halogens is 1. The van der Waals surface area contributed by atoms with E-state index >= 15 is 0 Å². The molecule has 2 aromatic rings. The van der Waals surface area contributed by atoms with Crippen molar-refractivity contribution in [2.24, 2.45) is 0 Å². The topological polar surface area (TPSA) is 31.4 Å². The Kier molecular flexibility index (Phi) is 10.6. The van der Waals surface area contributed by atoms with Crippen molar-refractivity contribution in [3.05, 3.63) is 98.7 Å². The van der Waals surface area contributed by atoms with Gasteiger partial charge in [-0.25, -0.2) is 0 Å². The number of pyridine rings is 1. The summed E-state index contributed by atoms with van der Waals surface area (Å²) >= 11 is 6.08. The number of benzene rings is 1. The van der Waals surface area contributed by atoms with Crippen LogP contribution in [-0.2, 0) is 17.1 Å². The summed E-state index contributed by atoms with van der Waals surface area (Å²) in [6, 6.07) is 7.88. The van der Waals surface area contributed by atoms with Crippen LogP contribution in [0, 0.1) is 63.2 Å². The molecule has 32 heavy (non-hydrogen) atoms. The van der Waals surface area contributed by atoms with Crippen molar-refractivity contribution in [1.82, 2.24) is 14.8 Å². The summed E-state index contributed by atoms with van der Waals surface area (Å²) in [5.74, 6) is 2.78. The zero-order chi connectivity index (χ0) is 21.5. The van der Waals surface area contributed by atoms with Gasteiger partial charge in [-0.2, -0.15) is 0 Å². The van der Waals surface area contributed by atoms with Crippen LogP contribution in [0.4, 0.5) is 5.69 Å². The van der Waals surface area contributed by atoms with Gasteiger partial charge in [0.25, 0.3) is 0 Å². The minimum Gasteiger partial charge on any atom is -0.384 e. The van der Waals surface area contributed by atoms with Gasteiger partial charge in [-0.15, -0.1) is 0 Å². The third kappa shape index (κ3) is 7.33. The summed E-state index contributed by atoms with van der Waals surface area (Å²) in [5, 5.41) is 5.40. The Bertz CT molecular complexity index is 813. The van der Waals surface area contributed by atoms with Crippen LogP contribution in [-0.4, -0.2) is 61.1 Å². The number of anilines is 1. The Morgan fingerprint density at radius 3 is 2.31 bits per heavy atom. The van der Waals surface area contributed by atoms with Crippen LogP contribution < -0.4 is 5.32 Å². The molecule has 2 saturated carbocycles. The number of fused-ring (bicyclic) bond motifs is 1. The van der Waals surface area contributed by atoms with Gasteiger partial charge < -0.3 is 15.1 Å². The number of nitrogens with one attached hydrogen (secondary N) is 1. The minimum atomic E-state index is 0. The first-order valence-corrected chi connectivity index (χ1v) is 11.2. The molecule has 3 aliphatic rings. The van der Waals surface area contributed by atoms with Gasteiger partial charge in [0.1, 0.15) is 0 Å². The second-order valence-electron chi connectivity index (χ2n) is 7.99. The second kappa shape index (κ2) is 13.2. The number of piperazine rings is 1. The van der Waals surface area contributed by atoms with Crippen molar-refractivity contribution in [2.45, 2.75) is 0 Å². The van der Waals surface area contributed by atoms with Crippen LogP contribution in [0.2, 0.25) is 5.02 Å². The predicted molar refractivity (Wildman–Crippen MR) is 130 cm³/mol. The first-order valence-electron chi connectivity index (χ1n) is 10.8. The van der Waals surface area contributed by atoms with Crippen molar-refractivity contribution < 1.29 is 17.1 Å². The smallest absolute Gasteiger partial charge is 0.384 e. The maximum atomic E-state index is 6.08. The summed E-state index contributed by atoms with van der Waals surface area (Å²) in [4.78, 5) is 9.35. The molecule has 0 atom stereocenters. The zero-order valence-corrected chi connectivity index (χ0v) is 20.2. The van der Waals surface area contributed by atoms with Gasteiger partial charge in [0, 0.05) is 73.4 Å². The fourth-order valence-electron chi connectivity index (χ4n) is 3.85. The van der Waals surface area contributed by atoms with Crippen molar-refractivity contribution in [1.29, 1.82) is 0 Å². The molecule has 0 amide bonds. The molecule has 2 aliphatic carbocycles. The number of likely N-dealkylation sites (N-methyl/N-ethyl adjacent to an activating group) is 1. The van der Waals surface area contributed by atoms with Gasteiger partial charge in [0.15, 0.2) is 0 Å². The molecule has 10 radical (unpaired) electrons. The molecule has 1 aliphatic heterocycles. The van der Waals surface area contributed by atoms with E-state index in [4.69, 9.17) is 11.6 Å². The number of hydrogen-bond donors (Lipinski definition) is 1. The molecule has 5 rings (SSSR count). The van der Waals surface area contributed by atoms with E-state index in [0.29, 0.717) is 5.02 Å². The van der Waals surface area contributed by atoms with Crippen LogP contribution in [0.15, 0.2) is 30.5 Å². The predicted octanol–water partition coefficient (Wildman–Crippen LogP) is 4.34. The molecule has 166 valence electrons. The van der Waals surface area contributed by atoms with E-state index in [1.54, 1.807) is 0 Å². The van der Waals surface area contributed by atoms with Gasteiger partial charge in [-0.05, 0) is 82.7 Å². The van der Waals surface area contributed by atoms with E-state index in [9.17, 15) is 0 Å². The summed E-state index contributed by atoms with van der Waals surface area (Å²) in [6.07, 6.45) is 18.5. The van der Waals surface area contributed by atoms with E-state index in [2.05, 4.69) is 46.4 Å². The molecule has 1 aromatic carbocycles. The average molecular weight is 489 g/mol. The van der Waals surface area contributed by atoms with Crippen molar-refractivity contribution in [3.8, 4) is 0 Å². The molecular weight excluding hydrogens is 460 g/mol. The Labute approximate surface area is 209 Å². The summed E-state index contributed by atoms with van der Waals surface area (Å²) in [7, 11) is 2.20. The van der Waals surface area contributed by atoms with Crippen molar-refractivity contribution in [3.63, 3.8) is 0 Å². The molecule has 0 spiro atoms. The van der Waals surface area contributed by atoms with E-state index in [-0.39, 0.29) is 17.1 Å². The van der Waals surface area contributed by atoms with E-state index < -0.39 is 0 Å². The first kappa shape index (κ1) is 25.8. The standard InChI is InChI=1S/C21H24ClN4.C5H5.Fe/c1-25-9-11-26(12-10-25)15-17-4-2-3-16(17)14-24-20-7-8-23-21-13-18(22)5-6-19(20)21;1-2-4-5-3-1;/h2-8,13H,9-12,14-15H2,1H3,(H,23,24);1-5H;/q;;+2. The molecule has 0 unspecified atom stereocenters. The molecule has 4 nitrogen and oxygen atoms in total. The van der Waals surface area contributed by atoms with Crippen molar-refractivity contribution >= 4 is 28.2 Å². The van der Waals surface area contributed by atoms with Crippen LogP contribution in [0.25, 0.3) is 10.9 Å². The first-order chi connectivity index (χ1) is 15.2. The van der Waals surface area contributed by atoms with Gasteiger partial charge in [-0.3, -0.25) is 4.98 Å². The molecule has 3 fully saturated rings. The van der Waals surface area contributed by atoms with Gasteiger partial charge in [-0.1, -0.05) is 11.6 Å². The molecule has 0 bridgehead atoms. The molecule has 1 saturated heterocycles. The Morgan fingerprint density at radius 1 is 0.906 bits per heavy atom. The van der Waals surface area contributed by atoms with E-state index in [1.165, 1.54) is 11.8 Å². The van der Waals surface area contributed by atoms with Crippen LogP contribution in [0.5, 0.6) is 0 Å². The molecule has 6 heteroatoms. The number of nitrogens with zero attached hydrogens (tertiary/aromatic N) is 3. The van der Waals surface area contributed by atoms with Crippen molar-refractivity contribution in [2.75, 3.05) is 51.6 Å². The monoisotopic (exact) mass is 488 g/mol. The van der Waals surface area contributed by atoms with E-state index in [0.717, 1.165) is 55.9 Å². The SMILES string of the molecule is CN1CCN(C[C]2[CH][CH][CH][C]2CNc2ccnc3cc(Cl)ccc23)CC1.[CH]1[CH][CH][CH][CH]1.[Fe+2]. The van der Waals surface area contributed by atoms with Crippen LogP contribution >= 0.6 is 11.6 Å². The maximum absolute atomic E-state index is 6.08. The van der Waals surface area contributed by atoms with Gasteiger partial charge >= 0.3 is 17.1 Å². The maximum Gasteiger partial charge on any atom is 2.00 e. The zero-order valence-electron chi connectivity index (χ0n) is 18.3. The molecule has 2 heterocycles. The summed E-state index contributed by atoms with van der Waals surface area (Å²) in [6.45, 7) is 6.44. The number of hydrogen-bond acceptors (Lipinski definition) is 4. The third-order valence-corrected chi connectivity index (χ3v) is 5.96. The summed E-state index contributed by atoms with van der Waals surface area (Å²) < 4.78 is 0. The number of aromatic nitrogens is 1. The van der Waals surface area contributed by atoms with Gasteiger partial charge in [0.05, 0.1) is 5.52 Å². The Balaban J connectivity index is 0.000000427. The fourth-order valence-corrected chi connectivity index (χ4v) is 4.02. The molecular formula is C26H29ClFeN4+2. The van der Waals surface area contributed by atoms with E-state index in [1.807, 2.05) is 62.6 Å². The van der Waals surface area contributed by atoms with Crippen LogP contribution in [0.3, 0.4) is 0 Å². The minimum absolute atomic E-state index is 0. The average Bonchev–Trinajstić information content (AvgIpc) is 3.49. The Hall–Kier alpha value is -0.841. The fraction of sp³-hybridized carbons (Fsp3) is 0.269. The largest absolute Gasteiger partial charge is 2.00 e.